The van der Waals surface area contributed by atoms with Crippen LogP contribution in [0.3, 0.4) is 0 Å². The fourth-order valence-electron chi connectivity index (χ4n) is 2.15. The minimum Gasteiger partial charge on any atom is -0.436 e. The zero-order valence-corrected chi connectivity index (χ0v) is 17.0. The summed E-state index contributed by atoms with van der Waals surface area (Å²) in [6.45, 7) is 2.87. The van der Waals surface area contributed by atoms with Crippen molar-refractivity contribution in [3.8, 4) is 17.3 Å². The molecule has 0 aliphatic heterocycles. The topological polar surface area (TPSA) is 42.6 Å². The zero-order valence-electron chi connectivity index (χ0n) is 14.7. The van der Waals surface area contributed by atoms with Crippen LogP contribution in [0.4, 0.5) is 5.69 Å². The molecule has 5 nitrogen and oxygen atoms in total. The summed E-state index contributed by atoms with van der Waals surface area (Å²) in [7, 11) is 1.92. The predicted octanol–water partition coefficient (Wildman–Crippen LogP) is 6.24. The Morgan fingerprint density at radius 1 is 1.11 bits per heavy atom. The van der Waals surface area contributed by atoms with Crippen LogP contribution in [0.1, 0.15) is 6.92 Å². The second-order valence-corrected chi connectivity index (χ2v) is 6.98. The molecule has 0 spiro atoms. The number of ether oxygens (including phenoxy) is 1. The third kappa shape index (κ3) is 4.95. The van der Waals surface area contributed by atoms with Gasteiger partial charge in [0, 0.05) is 36.9 Å². The predicted molar refractivity (Wildman–Crippen MR) is 112 cm³/mol. The van der Waals surface area contributed by atoms with Crippen LogP contribution in [-0.4, -0.2) is 34.6 Å². The van der Waals surface area contributed by atoms with Crippen molar-refractivity contribution in [2.75, 3.05) is 13.6 Å². The molecule has 0 bridgehead atoms. The van der Waals surface area contributed by atoms with E-state index >= 15 is 0 Å². The highest BCUT2D eigenvalue weighted by Gasteiger charge is 2.11. The summed E-state index contributed by atoms with van der Waals surface area (Å²) in [5, 5.41) is 5.88. The van der Waals surface area contributed by atoms with Crippen molar-refractivity contribution in [2.45, 2.75) is 6.92 Å². The first-order chi connectivity index (χ1) is 13.0. The molecule has 1 aromatic heterocycles. The molecule has 0 saturated carbocycles. The van der Waals surface area contributed by atoms with Gasteiger partial charge in [-0.2, -0.15) is 0 Å². The molecular formula is C19H17Cl3N4O. The van der Waals surface area contributed by atoms with Crippen LogP contribution in [0.25, 0.3) is 5.69 Å². The number of halogens is 3. The molecule has 0 unspecified atom stereocenters. The molecule has 27 heavy (non-hydrogen) atoms. The van der Waals surface area contributed by atoms with Gasteiger partial charge < -0.3 is 9.64 Å². The van der Waals surface area contributed by atoms with Crippen molar-refractivity contribution >= 4 is 46.8 Å². The standard InChI is InChI=1S/C19H17Cl3N4O/c1-3-25(2)12-23-17-10-16(22)18(11-15(17)21)27-19-8-9-26(24-19)14-6-4-13(20)5-7-14/h4-12H,3H2,1-2H3. The zero-order chi connectivity index (χ0) is 19.4. The van der Waals surface area contributed by atoms with Gasteiger partial charge in [-0.3, -0.25) is 0 Å². The molecule has 0 amide bonds. The molecule has 8 heteroatoms. The van der Waals surface area contributed by atoms with Crippen LogP contribution in [-0.2, 0) is 0 Å². The molecule has 1 heterocycles. The summed E-state index contributed by atoms with van der Waals surface area (Å²) in [5.74, 6) is 0.802. The third-order valence-corrected chi connectivity index (χ3v) is 4.61. The molecule has 2 aromatic carbocycles. The van der Waals surface area contributed by atoms with E-state index in [1.165, 1.54) is 0 Å². The number of hydrogen-bond acceptors (Lipinski definition) is 3. The Labute approximate surface area is 172 Å². The Balaban J connectivity index is 1.79. The lowest BCUT2D eigenvalue weighted by Gasteiger charge is -2.10. The Morgan fingerprint density at radius 3 is 2.56 bits per heavy atom. The van der Waals surface area contributed by atoms with Crippen LogP contribution >= 0.6 is 34.8 Å². The summed E-state index contributed by atoms with van der Waals surface area (Å²) < 4.78 is 7.46. The summed E-state index contributed by atoms with van der Waals surface area (Å²) in [5.41, 5.74) is 1.43. The van der Waals surface area contributed by atoms with Gasteiger partial charge in [0.15, 0.2) is 0 Å². The smallest absolute Gasteiger partial charge is 0.238 e. The second kappa shape index (κ2) is 8.65. The van der Waals surface area contributed by atoms with Crippen LogP contribution < -0.4 is 4.74 Å². The fourth-order valence-corrected chi connectivity index (χ4v) is 2.67. The van der Waals surface area contributed by atoms with E-state index in [1.54, 1.807) is 47.5 Å². The van der Waals surface area contributed by atoms with E-state index in [9.17, 15) is 0 Å². The van der Waals surface area contributed by atoms with Crippen LogP contribution in [0.5, 0.6) is 11.6 Å². The largest absolute Gasteiger partial charge is 0.436 e. The number of aliphatic imine (C=N–C) groups is 1. The van der Waals surface area contributed by atoms with Gasteiger partial charge in [-0.15, -0.1) is 5.10 Å². The van der Waals surface area contributed by atoms with E-state index in [2.05, 4.69) is 10.1 Å². The van der Waals surface area contributed by atoms with Crippen molar-refractivity contribution in [1.82, 2.24) is 14.7 Å². The lowest BCUT2D eigenvalue weighted by molar-refractivity contribution is 0.458. The number of aromatic nitrogens is 2. The number of rotatable bonds is 6. The van der Waals surface area contributed by atoms with Crippen LogP contribution in [0, 0.1) is 0 Å². The van der Waals surface area contributed by atoms with E-state index in [0.29, 0.717) is 32.4 Å². The van der Waals surface area contributed by atoms with Crippen molar-refractivity contribution in [2.24, 2.45) is 4.99 Å². The summed E-state index contributed by atoms with van der Waals surface area (Å²) in [4.78, 5) is 6.26. The number of benzene rings is 2. The highest BCUT2D eigenvalue weighted by molar-refractivity contribution is 6.36. The number of nitrogens with zero attached hydrogens (tertiary/aromatic N) is 4. The van der Waals surface area contributed by atoms with E-state index in [4.69, 9.17) is 39.5 Å². The van der Waals surface area contributed by atoms with Crippen molar-refractivity contribution in [3.05, 3.63) is 63.7 Å². The molecular weight excluding hydrogens is 407 g/mol. The third-order valence-electron chi connectivity index (χ3n) is 3.76. The first-order valence-electron chi connectivity index (χ1n) is 8.19. The summed E-state index contributed by atoms with van der Waals surface area (Å²) in [6, 6.07) is 12.3. The van der Waals surface area contributed by atoms with E-state index in [-0.39, 0.29) is 0 Å². The molecule has 0 aliphatic rings. The second-order valence-electron chi connectivity index (χ2n) is 5.73. The molecule has 3 rings (SSSR count). The van der Waals surface area contributed by atoms with E-state index in [0.717, 1.165) is 12.2 Å². The first-order valence-corrected chi connectivity index (χ1v) is 9.32. The van der Waals surface area contributed by atoms with Gasteiger partial charge in [-0.05, 0) is 37.3 Å². The highest BCUT2D eigenvalue weighted by atomic mass is 35.5. The van der Waals surface area contributed by atoms with Gasteiger partial charge in [-0.25, -0.2) is 9.67 Å². The Bertz CT molecular complexity index is 954. The summed E-state index contributed by atoms with van der Waals surface area (Å²) >= 11 is 18.5. The van der Waals surface area contributed by atoms with E-state index < -0.39 is 0 Å². The maximum absolute atomic E-state index is 6.32. The molecule has 0 atom stereocenters. The van der Waals surface area contributed by atoms with Gasteiger partial charge in [-0.1, -0.05) is 34.8 Å². The maximum Gasteiger partial charge on any atom is 0.238 e. The van der Waals surface area contributed by atoms with Crippen molar-refractivity contribution in [1.29, 1.82) is 0 Å². The van der Waals surface area contributed by atoms with Gasteiger partial charge in [0.25, 0.3) is 0 Å². The van der Waals surface area contributed by atoms with Gasteiger partial charge in [0.2, 0.25) is 5.88 Å². The monoisotopic (exact) mass is 422 g/mol. The average Bonchev–Trinajstić information content (AvgIpc) is 3.12. The minimum absolute atomic E-state index is 0.393. The van der Waals surface area contributed by atoms with Crippen molar-refractivity contribution in [3.63, 3.8) is 0 Å². The molecule has 0 N–H and O–H groups in total. The average molecular weight is 424 g/mol. The SMILES string of the molecule is CCN(C)C=Nc1cc(Cl)c(Oc2ccn(-c3ccc(Cl)cc3)n2)cc1Cl. The maximum atomic E-state index is 6.32. The van der Waals surface area contributed by atoms with E-state index in [1.807, 2.05) is 31.0 Å². The molecule has 0 radical (unpaired) electrons. The summed E-state index contributed by atoms with van der Waals surface area (Å²) in [6.07, 6.45) is 3.49. The van der Waals surface area contributed by atoms with Crippen LogP contribution in [0.15, 0.2) is 53.7 Å². The molecule has 140 valence electrons. The fraction of sp³-hybridized carbons (Fsp3) is 0.158. The first kappa shape index (κ1) is 19.5. The lowest BCUT2D eigenvalue weighted by atomic mass is 10.3. The Kier molecular flexibility index (Phi) is 6.26. The van der Waals surface area contributed by atoms with Gasteiger partial charge in [0.1, 0.15) is 5.75 Å². The van der Waals surface area contributed by atoms with Gasteiger partial charge >= 0.3 is 0 Å². The normalized spacial score (nSPS) is 11.1. The Morgan fingerprint density at radius 2 is 1.85 bits per heavy atom. The Hall–Kier alpha value is -2.21. The van der Waals surface area contributed by atoms with Gasteiger partial charge in [0.05, 0.1) is 27.8 Å². The highest BCUT2D eigenvalue weighted by Crippen LogP contribution is 2.37. The molecule has 0 saturated heterocycles. The number of hydrogen-bond donors (Lipinski definition) is 0. The minimum atomic E-state index is 0.393. The molecule has 0 aliphatic carbocycles. The lowest BCUT2D eigenvalue weighted by Crippen LogP contribution is -2.14. The van der Waals surface area contributed by atoms with Crippen LogP contribution in [0.2, 0.25) is 15.1 Å². The quantitative estimate of drug-likeness (QED) is 0.348. The molecule has 3 aromatic rings. The molecule has 0 fully saturated rings. The van der Waals surface area contributed by atoms with Crippen molar-refractivity contribution < 1.29 is 4.74 Å².